The number of para-hydroxylation sites is 1. The molecule has 0 aromatic heterocycles. The third kappa shape index (κ3) is 4.11. The molecule has 2 amide bonds. The maximum Gasteiger partial charge on any atom is 0.290 e. The van der Waals surface area contributed by atoms with Crippen LogP contribution in [0.15, 0.2) is 81.5 Å². The van der Waals surface area contributed by atoms with Crippen molar-refractivity contribution in [2.45, 2.75) is 10.9 Å². The largest absolute Gasteiger partial charge is 0.492 e. The van der Waals surface area contributed by atoms with Crippen LogP contribution < -0.4 is 15.0 Å². The van der Waals surface area contributed by atoms with Gasteiger partial charge in [0.25, 0.3) is 11.1 Å². The summed E-state index contributed by atoms with van der Waals surface area (Å²) in [6.45, 7) is 0.969. The van der Waals surface area contributed by atoms with Crippen molar-refractivity contribution in [1.29, 1.82) is 0 Å². The third-order valence-electron chi connectivity index (χ3n) is 5.19. The van der Waals surface area contributed by atoms with Crippen molar-refractivity contribution in [3.05, 3.63) is 82.1 Å². The van der Waals surface area contributed by atoms with Gasteiger partial charge in [0, 0.05) is 9.80 Å². The fourth-order valence-corrected chi connectivity index (χ4v) is 5.62. The van der Waals surface area contributed by atoms with Gasteiger partial charge in [-0.3, -0.25) is 19.7 Å². The molecule has 2 heterocycles. The zero-order valence-electron chi connectivity index (χ0n) is 16.8. The first kappa shape index (κ1) is 20.7. The summed E-state index contributed by atoms with van der Waals surface area (Å²) in [6, 6.07) is 15.1. The van der Waals surface area contributed by atoms with Gasteiger partial charge >= 0.3 is 0 Å². The Kier molecular flexibility index (Phi) is 5.63. The summed E-state index contributed by atoms with van der Waals surface area (Å²) in [7, 11) is 0. The molecule has 5 rings (SSSR count). The molecule has 1 aliphatic carbocycles. The van der Waals surface area contributed by atoms with E-state index in [4.69, 9.17) is 4.74 Å². The fraction of sp³-hybridized carbons (Fsp3) is 0.125. The summed E-state index contributed by atoms with van der Waals surface area (Å²) in [5.74, 6) is 0.395. The van der Waals surface area contributed by atoms with Crippen molar-refractivity contribution in [1.82, 2.24) is 5.32 Å². The van der Waals surface area contributed by atoms with Crippen molar-refractivity contribution >= 4 is 52.2 Å². The van der Waals surface area contributed by atoms with Gasteiger partial charge in [-0.25, -0.2) is 0 Å². The summed E-state index contributed by atoms with van der Waals surface area (Å²) in [5, 5.41) is 1.88. The highest BCUT2D eigenvalue weighted by molar-refractivity contribution is 8.18. The number of nitrogens with zero attached hydrogens (tertiary/aromatic N) is 1. The average molecular weight is 463 g/mol. The van der Waals surface area contributed by atoms with Gasteiger partial charge in [0.2, 0.25) is 0 Å². The lowest BCUT2D eigenvalue weighted by molar-refractivity contribution is -0.116. The number of thioether (sulfide) groups is 2. The molecule has 2 aromatic rings. The molecule has 1 atom stereocenters. The quantitative estimate of drug-likeness (QED) is 0.661. The van der Waals surface area contributed by atoms with E-state index in [0.29, 0.717) is 23.8 Å². The predicted molar refractivity (Wildman–Crippen MR) is 127 cm³/mol. The Morgan fingerprint density at radius 1 is 1.03 bits per heavy atom. The lowest BCUT2D eigenvalue weighted by atomic mass is 10.0. The van der Waals surface area contributed by atoms with Crippen LogP contribution in [-0.2, 0) is 9.59 Å². The number of hydrogen-bond donors (Lipinski definition) is 1. The first-order valence-electron chi connectivity index (χ1n) is 10.0. The van der Waals surface area contributed by atoms with Gasteiger partial charge in [-0.05, 0) is 59.8 Å². The Labute approximate surface area is 193 Å². The van der Waals surface area contributed by atoms with Gasteiger partial charge < -0.3 is 9.64 Å². The van der Waals surface area contributed by atoms with Crippen molar-refractivity contribution in [2.24, 2.45) is 0 Å². The van der Waals surface area contributed by atoms with Crippen molar-refractivity contribution in [2.75, 3.05) is 18.1 Å². The van der Waals surface area contributed by atoms with Crippen LogP contribution >= 0.6 is 23.5 Å². The zero-order valence-corrected chi connectivity index (χ0v) is 18.4. The minimum absolute atomic E-state index is 0.0780. The second-order valence-electron chi connectivity index (χ2n) is 7.27. The minimum atomic E-state index is -0.374. The third-order valence-corrected chi connectivity index (χ3v) is 7.17. The minimum Gasteiger partial charge on any atom is -0.492 e. The Bertz CT molecular complexity index is 1200. The molecule has 1 saturated heterocycles. The molecule has 0 spiro atoms. The monoisotopic (exact) mass is 462 g/mol. The van der Waals surface area contributed by atoms with Gasteiger partial charge in [-0.1, -0.05) is 42.1 Å². The molecule has 0 saturated carbocycles. The Balaban J connectivity index is 1.27. The average Bonchev–Trinajstić information content (AvgIpc) is 3.11. The number of allylic oxidation sites excluding steroid dienone is 2. The van der Waals surface area contributed by atoms with Crippen LogP contribution in [0.25, 0.3) is 6.08 Å². The lowest BCUT2D eigenvalue weighted by Gasteiger charge is -2.39. The van der Waals surface area contributed by atoms with E-state index >= 15 is 0 Å². The molecule has 1 unspecified atom stereocenters. The number of hydrogen-bond acceptors (Lipinski definition) is 7. The van der Waals surface area contributed by atoms with E-state index in [1.807, 2.05) is 54.6 Å². The normalized spacial score (nSPS) is 20.7. The second-order valence-corrected chi connectivity index (χ2v) is 9.40. The maximum absolute atomic E-state index is 12.6. The van der Waals surface area contributed by atoms with Gasteiger partial charge in [-0.2, -0.15) is 0 Å². The van der Waals surface area contributed by atoms with Crippen LogP contribution in [-0.4, -0.2) is 36.1 Å². The van der Waals surface area contributed by atoms with E-state index < -0.39 is 0 Å². The van der Waals surface area contributed by atoms with Crippen LogP contribution in [0.3, 0.4) is 0 Å². The predicted octanol–water partition coefficient (Wildman–Crippen LogP) is 4.39. The number of ketones is 1. The fourth-order valence-electron chi connectivity index (χ4n) is 3.75. The number of carbonyl (C=O) groups excluding carboxylic acids is 3. The van der Waals surface area contributed by atoms with Crippen LogP contribution in [0.4, 0.5) is 10.5 Å². The molecule has 3 aliphatic rings. The molecule has 8 heteroatoms. The Morgan fingerprint density at radius 2 is 1.84 bits per heavy atom. The SMILES string of the molecule is O=C1NC(=O)C(=Cc2ccc(OCCN3c4ccccc4SC4=CC=CC(=O)C43)cc2)S1. The first-order chi connectivity index (χ1) is 15.6. The summed E-state index contributed by atoms with van der Waals surface area (Å²) in [6.07, 6.45) is 7.11. The molecule has 1 fully saturated rings. The molecule has 0 bridgehead atoms. The second kappa shape index (κ2) is 8.72. The number of anilines is 1. The van der Waals surface area contributed by atoms with Gasteiger partial charge in [0.05, 0.1) is 17.1 Å². The van der Waals surface area contributed by atoms with E-state index in [2.05, 4.69) is 16.3 Å². The Morgan fingerprint density at radius 3 is 2.62 bits per heavy atom. The van der Waals surface area contributed by atoms with Crippen LogP contribution in [0.5, 0.6) is 5.75 Å². The summed E-state index contributed by atoms with van der Waals surface area (Å²) in [5.41, 5.74) is 1.84. The number of fused-ring (bicyclic) bond motifs is 2. The molecular formula is C24H18N2O4S2. The van der Waals surface area contributed by atoms with Crippen molar-refractivity contribution in [3.8, 4) is 5.75 Å². The summed E-state index contributed by atoms with van der Waals surface area (Å²) < 4.78 is 5.95. The zero-order chi connectivity index (χ0) is 22.1. The number of benzene rings is 2. The van der Waals surface area contributed by atoms with E-state index in [1.165, 1.54) is 0 Å². The molecule has 32 heavy (non-hydrogen) atoms. The molecule has 2 aromatic carbocycles. The van der Waals surface area contributed by atoms with E-state index in [0.717, 1.165) is 32.8 Å². The lowest BCUT2D eigenvalue weighted by Crippen LogP contribution is -2.46. The highest BCUT2D eigenvalue weighted by Gasteiger charge is 2.35. The van der Waals surface area contributed by atoms with E-state index in [9.17, 15) is 14.4 Å². The van der Waals surface area contributed by atoms with Gasteiger partial charge in [-0.15, -0.1) is 0 Å². The van der Waals surface area contributed by atoms with Gasteiger partial charge in [0.15, 0.2) is 5.78 Å². The molecule has 1 N–H and O–H groups in total. The standard InChI is InChI=1S/C24H18N2O4S2/c27-18-5-3-7-20-22(18)26(17-4-1-2-6-19(17)31-20)12-13-30-16-10-8-15(9-11-16)14-21-23(28)25-24(29)32-21/h1-11,14,22H,12-13H2,(H,25,28,29). The highest BCUT2D eigenvalue weighted by atomic mass is 32.2. The molecule has 6 nitrogen and oxygen atoms in total. The number of carbonyl (C=O) groups is 3. The molecule has 160 valence electrons. The van der Waals surface area contributed by atoms with E-state index in [1.54, 1.807) is 23.9 Å². The number of nitrogens with one attached hydrogen (secondary N) is 1. The van der Waals surface area contributed by atoms with Gasteiger partial charge in [0.1, 0.15) is 18.4 Å². The summed E-state index contributed by atoms with van der Waals surface area (Å²) >= 11 is 2.54. The van der Waals surface area contributed by atoms with Crippen LogP contribution in [0, 0.1) is 0 Å². The van der Waals surface area contributed by atoms with E-state index in [-0.39, 0.29) is 23.0 Å². The number of ether oxygens (including phenoxy) is 1. The van der Waals surface area contributed by atoms with Crippen molar-refractivity contribution in [3.63, 3.8) is 0 Å². The highest BCUT2D eigenvalue weighted by Crippen LogP contribution is 2.45. The molecular weight excluding hydrogens is 444 g/mol. The number of imide groups is 1. The number of amides is 2. The Hall–Kier alpha value is -3.23. The smallest absolute Gasteiger partial charge is 0.290 e. The van der Waals surface area contributed by atoms with Crippen LogP contribution in [0.1, 0.15) is 5.56 Å². The number of rotatable bonds is 5. The first-order valence-corrected chi connectivity index (χ1v) is 11.7. The summed E-state index contributed by atoms with van der Waals surface area (Å²) in [4.78, 5) is 40.2. The molecule has 0 radical (unpaired) electrons. The topological polar surface area (TPSA) is 75.7 Å². The molecule has 2 aliphatic heterocycles. The van der Waals surface area contributed by atoms with Crippen LogP contribution in [0.2, 0.25) is 0 Å². The maximum atomic E-state index is 12.6. The van der Waals surface area contributed by atoms with Crippen molar-refractivity contribution < 1.29 is 19.1 Å².